The van der Waals surface area contributed by atoms with Crippen molar-refractivity contribution < 1.29 is 24.2 Å². The summed E-state index contributed by atoms with van der Waals surface area (Å²) in [5, 5.41) is 10.5. The molecule has 216 valence electrons. The summed E-state index contributed by atoms with van der Waals surface area (Å²) in [6.45, 7) is 10.1. The highest BCUT2D eigenvalue weighted by Gasteiger charge is 2.48. The number of hydrogen-bond acceptors (Lipinski definition) is 6. The Morgan fingerprint density at radius 2 is 1.95 bits per heavy atom. The van der Waals surface area contributed by atoms with Crippen LogP contribution in [0.1, 0.15) is 64.0 Å². The maximum Gasteiger partial charge on any atom is 0.308 e. The minimum Gasteiger partial charge on any atom is -0.481 e. The van der Waals surface area contributed by atoms with Gasteiger partial charge < -0.3 is 25.2 Å². The highest BCUT2D eigenvalue weighted by Crippen LogP contribution is 2.45. The molecule has 2 aliphatic heterocycles. The van der Waals surface area contributed by atoms with Gasteiger partial charge in [-0.05, 0) is 60.6 Å². The summed E-state index contributed by atoms with van der Waals surface area (Å²) in [6.07, 6.45) is 6.56. The third-order valence-corrected chi connectivity index (χ3v) is 8.04. The average Bonchev–Trinajstić information content (AvgIpc) is 3.53. The number of nitrogens with zero attached hydrogens (tertiary/aromatic N) is 2. The molecule has 1 saturated heterocycles. The van der Waals surface area contributed by atoms with E-state index < -0.39 is 11.9 Å². The minimum atomic E-state index is -0.850. The van der Waals surface area contributed by atoms with Crippen LogP contribution in [0.3, 0.4) is 0 Å². The summed E-state index contributed by atoms with van der Waals surface area (Å²) in [5.74, 6) is -0.562. The Morgan fingerprint density at radius 1 is 1.18 bits per heavy atom. The zero-order chi connectivity index (χ0) is 28.9. The van der Waals surface area contributed by atoms with E-state index >= 15 is 0 Å². The Bertz CT molecular complexity index is 1230. The van der Waals surface area contributed by atoms with E-state index in [1.165, 1.54) is 0 Å². The molecule has 2 aromatic carbocycles. The highest BCUT2D eigenvalue weighted by atomic mass is 16.7. The van der Waals surface area contributed by atoms with Gasteiger partial charge in [0.1, 0.15) is 0 Å². The lowest BCUT2D eigenvalue weighted by Crippen LogP contribution is -2.45. The number of nitrogens with two attached hydrogens (primary N) is 1. The van der Waals surface area contributed by atoms with Crippen LogP contribution in [0.2, 0.25) is 0 Å². The quantitative estimate of drug-likeness (QED) is 0.352. The van der Waals surface area contributed by atoms with Crippen molar-refractivity contribution in [3.05, 3.63) is 65.7 Å². The summed E-state index contributed by atoms with van der Waals surface area (Å²) in [5.41, 5.74) is 8.33. The fraction of sp³-hybridized carbons (Fsp3) is 0.500. The second kappa shape index (κ2) is 12.9. The lowest BCUT2D eigenvalue weighted by atomic mass is 9.77. The third kappa shape index (κ3) is 6.67. The Kier molecular flexibility index (Phi) is 9.53. The number of fused-ring (bicyclic) bond motifs is 1. The molecule has 4 rings (SSSR count). The van der Waals surface area contributed by atoms with Crippen LogP contribution in [-0.4, -0.2) is 54.4 Å². The summed E-state index contributed by atoms with van der Waals surface area (Å²) in [7, 11) is 0. The maximum atomic E-state index is 14.0. The number of ether oxygens (including phenoxy) is 2. The van der Waals surface area contributed by atoms with E-state index in [0.29, 0.717) is 37.6 Å². The SMILES string of the molecule is CC=CC(C)(C)C[C@H]1[C@H](C(=O)O)[C@@H](c2ccc3c(c2)OCO3)CN1CC(=O)N(CCCC)c1cccc(CN)c1. The fourth-order valence-electron chi connectivity index (χ4n) is 6.11. The molecule has 2 aliphatic rings. The number of amides is 1. The van der Waals surface area contributed by atoms with Crippen molar-refractivity contribution in [2.75, 3.05) is 31.3 Å². The van der Waals surface area contributed by atoms with E-state index in [-0.39, 0.29) is 36.6 Å². The van der Waals surface area contributed by atoms with E-state index in [1.807, 2.05) is 60.4 Å². The van der Waals surface area contributed by atoms with Gasteiger partial charge in [0.15, 0.2) is 11.5 Å². The molecule has 0 saturated carbocycles. The molecular weight excluding hydrogens is 506 g/mol. The Morgan fingerprint density at radius 3 is 2.65 bits per heavy atom. The van der Waals surface area contributed by atoms with Gasteiger partial charge in [-0.15, -0.1) is 0 Å². The van der Waals surface area contributed by atoms with Crippen molar-refractivity contribution in [1.29, 1.82) is 0 Å². The molecule has 0 spiro atoms. The molecule has 0 aliphatic carbocycles. The largest absolute Gasteiger partial charge is 0.481 e. The van der Waals surface area contributed by atoms with E-state index in [4.69, 9.17) is 15.2 Å². The zero-order valence-electron chi connectivity index (χ0n) is 24.1. The number of aliphatic carboxylic acids is 1. The standard InChI is InChI=1S/C32H43N3O5/c1-5-7-14-35(24-10-8-9-22(15-24)18-33)29(36)20-34-19-25(23-11-12-27-28(16-23)40-21-39-27)30(31(37)38)26(34)17-32(3,4)13-6-2/h6,8-13,15-16,25-26,30H,5,7,14,17-21,33H2,1-4H3,(H,37,38)/t25-,26+,30-/m1/s1. The van der Waals surface area contributed by atoms with E-state index in [1.54, 1.807) is 0 Å². The van der Waals surface area contributed by atoms with Gasteiger partial charge >= 0.3 is 5.97 Å². The molecule has 40 heavy (non-hydrogen) atoms. The van der Waals surface area contributed by atoms with Crippen molar-refractivity contribution in [3.8, 4) is 11.5 Å². The molecule has 1 fully saturated rings. The van der Waals surface area contributed by atoms with Crippen LogP contribution < -0.4 is 20.1 Å². The molecule has 0 aromatic heterocycles. The van der Waals surface area contributed by atoms with Crippen molar-refractivity contribution in [2.45, 2.75) is 65.5 Å². The molecule has 1 amide bonds. The summed E-state index contributed by atoms with van der Waals surface area (Å²) >= 11 is 0. The predicted octanol–water partition coefficient (Wildman–Crippen LogP) is 5.17. The van der Waals surface area contributed by atoms with Gasteiger partial charge in [0.25, 0.3) is 0 Å². The Balaban J connectivity index is 1.68. The number of carboxylic acid groups (broad SMARTS) is 1. The van der Waals surface area contributed by atoms with Crippen LogP contribution in [0.25, 0.3) is 0 Å². The second-order valence-electron chi connectivity index (χ2n) is 11.5. The molecule has 0 radical (unpaired) electrons. The van der Waals surface area contributed by atoms with Gasteiger partial charge in [-0.25, -0.2) is 0 Å². The minimum absolute atomic E-state index is 0.0352. The first-order valence-electron chi connectivity index (χ1n) is 14.3. The van der Waals surface area contributed by atoms with Crippen LogP contribution in [0.4, 0.5) is 5.69 Å². The molecule has 0 bridgehead atoms. The van der Waals surface area contributed by atoms with E-state index in [2.05, 4.69) is 31.7 Å². The van der Waals surface area contributed by atoms with Gasteiger partial charge in [0.2, 0.25) is 12.7 Å². The number of hydrogen-bond donors (Lipinski definition) is 2. The smallest absolute Gasteiger partial charge is 0.308 e. The van der Waals surface area contributed by atoms with E-state index in [9.17, 15) is 14.7 Å². The van der Waals surface area contributed by atoms with Crippen LogP contribution in [-0.2, 0) is 16.1 Å². The summed E-state index contributed by atoms with van der Waals surface area (Å²) in [4.78, 5) is 30.8. The van der Waals surface area contributed by atoms with Gasteiger partial charge in [-0.3, -0.25) is 14.5 Å². The van der Waals surface area contributed by atoms with Gasteiger partial charge in [0.05, 0.1) is 12.5 Å². The second-order valence-corrected chi connectivity index (χ2v) is 11.5. The van der Waals surface area contributed by atoms with Crippen molar-refractivity contribution >= 4 is 17.6 Å². The number of benzene rings is 2. The monoisotopic (exact) mass is 549 g/mol. The molecule has 2 heterocycles. The fourth-order valence-corrected chi connectivity index (χ4v) is 6.11. The molecule has 3 atom stereocenters. The number of anilines is 1. The number of likely N-dealkylation sites (tertiary alicyclic amines) is 1. The summed E-state index contributed by atoms with van der Waals surface area (Å²) in [6, 6.07) is 13.1. The van der Waals surface area contributed by atoms with Gasteiger partial charge in [-0.2, -0.15) is 0 Å². The first kappa shape index (κ1) is 29.6. The van der Waals surface area contributed by atoms with Crippen molar-refractivity contribution in [3.63, 3.8) is 0 Å². The first-order chi connectivity index (χ1) is 19.2. The van der Waals surface area contributed by atoms with E-state index in [0.717, 1.165) is 29.7 Å². The zero-order valence-corrected chi connectivity index (χ0v) is 24.1. The van der Waals surface area contributed by atoms with Crippen LogP contribution >= 0.6 is 0 Å². The average molecular weight is 550 g/mol. The molecule has 2 aromatic rings. The first-order valence-corrected chi connectivity index (χ1v) is 14.3. The number of allylic oxidation sites excluding steroid dienone is 2. The summed E-state index contributed by atoms with van der Waals surface area (Å²) < 4.78 is 11.1. The molecule has 3 N–H and O–H groups in total. The molecule has 8 nitrogen and oxygen atoms in total. The Hall–Kier alpha value is -3.36. The highest BCUT2D eigenvalue weighted by molar-refractivity contribution is 5.95. The molecular formula is C32H43N3O5. The lowest BCUT2D eigenvalue weighted by molar-refractivity contribution is -0.143. The third-order valence-electron chi connectivity index (χ3n) is 8.04. The predicted molar refractivity (Wildman–Crippen MR) is 157 cm³/mol. The number of unbranched alkanes of at least 4 members (excludes halogenated alkanes) is 1. The van der Waals surface area contributed by atoms with Crippen molar-refractivity contribution in [2.24, 2.45) is 17.1 Å². The normalized spacial score (nSPS) is 20.8. The number of carbonyl (C=O) groups excluding carboxylic acids is 1. The van der Waals surface area contributed by atoms with Crippen LogP contribution in [0.5, 0.6) is 11.5 Å². The number of carbonyl (C=O) groups is 2. The molecule has 0 unspecified atom stereocenters. The van der Waals surface area contributed by atoms with Gasteiger partial charge in [-0.1, -0.05) is 57.5 Å². The maximum absolute atomic E-state index is 14.0. The number of rotatable bonds is 12. The lowest BCUT2D eigenvalue weighted by Gasteiger charge is -2.34. The Labute approximate surface area is 237 Å². The van der Waals surface area contributed by atoms with Crippen LogP contribution in [0, 0.1) is 11.3 Å². The van der Waals surface area contributed by atoms with Crippen molar-refractivity contribution in [1.82, 2.24) is 4.90 Å². The number of carboxylic acids is 1. The van der Waals surface area contributed by atoms with Gasteiger partial charge in [0, 0.05) is 37.3 Å². The topological polar surface area (TPSA) is 105 Å². The molecule has 8 heteroatoms. The van der Waals surface area contributed by atoms with Crippen LogP contribution in [0.15, 0.2) is 54.6 Å².